The number of hydrogen-bond donors (Lipinski definition) is 4. The van der Waals surface area contributed by atoms with E-state index in [9.17, 15) is 0 Å². The molecule has 4 heteroatoms. The molecule has 0 spiro atoms. The van der Waals surface area contributed by atoms with Gasteiger partial charge in [0, 0.05) is 0 Å². The van der Waals surface area contributed by atoms with Crippen LogP contribution in [0, 0.1) is 0 Å². The maximum absolute atomic E-state index is 3.48. The van der Waals surface area contributed by atoms with Gasteiger partial charge in [-0.15, -0.1) is 0 Å². The minimum atomic E-state index is 1.08. The zero-order chi connectivity index (χ0) is 12.6. The Hall–Kier alpha value is -0.160. The molecule has 104 valence electrons. The van der Waals surface area contributed by atoms with Crippen LogP contribution < -0.4 is 21.3 Å². The molecule has 0 aromatic rings. The fraction of sp³-hybridized carbons (Fsp3) is 1.00. The molecule has 0 aliphatic carbocycles. The molecule has 0 aromatic carbocycles. The Morgan fingerprint density at radius 1 is 0.588 bits per heavy atom. The van der Waals surface area contributed by atoms with E-state index in [1.165, 1.54) is 25.7 Å². The van der Waals surface area contributed by atoms with Gasteiger partial charge in [0.2, 0.25) is 0 Å². The van der Waals surface area contributed by atoms with E-state index in [2.05, 4.69) is 28.2 Å². The quantitative estimate of drug-likeness (QED) is 0.337. The second-order valence-electron chi connectivity index (χ2n) is 4.37. The Kier molecular flexibility index (Phi) is 15.7. The van der Waals surface area contributed by atoms with Gasteiger partial charge in [-0.05, 0) is 78.5 Å². The van der Waals surface area contributed by atoms with Gasteiger partial charge in [-0.2, -0.15) is 0 Å². The van der Waals surface area contributed by atoms with Crippen LogP contribution in [0.1, 0.15) is 32.6 Å². The molecular formula is C13H32N4. The molecule has 0 saturated heterocycles. The molecule has 0 aromatic heterocycles. The summed E-state index contributed by atoms with van der Waals surface area (Å²) in [7, 11) is 2.00. The van der Waals surface area contributed by atoms with Crippen molar-refractivity contribution in [3.8, 4) is 0 Å². The molecule has 0 radical (unpaired) electrons. The molecule has 0 heterocycles. The standard InChI is InChI=1S/C13H32N4/c1-3-15-11-7-13-17-10-5-4-9-16-12-6-8-14-2/h14-17H,3-13H2,1-2H3. The van der Waals surface area contributed by atoms with Crippen LogP contribution in [0.3, 0.4) is 0 Å². The van der Waals surface area contributed by atoms with Crippen LogP contribution in [0.2, 0.25) is 0 Å². The van der Waals surface area contributed by atoms with Crippen molar-refractivity contribution in [1.82, 2.24) is 21.3 Å². The van der Waals surface area contributed by atoms with E-state index in [-0.39, 0.29) is 0 Å². The SMILES string of the molecule is CCNCCCNCCCCNCCCNC. The van der Waals surface area contributed by atoms with Crippen molar-refractivity contribution in [2.75, 3.05) is 52.9 Å². The molecule has 0 amide bonds. The third-order valence-electron chi connectivity index (χ3n) is 2.69. The Morgan fingerprint density at radius 2 is 1.06 bits per heavy atom. The topological polar surface area (TPSA) is 48.1 Å². The van der Waals surface area contributed by atoms with E-state index in [4.69, 9.17) is 0 Å². The summed E-state index contributed by atoms with van der Waals surface area (Å²) in [5.74, 6) is 0. The second-order valence-corrected chi connectivity index (χ2v) is 4.37. The molecule has 17 heavy (non-hydrogen) atoms. The molecule has 0 bridgehead atoms. The first kappa shape index (κ1) is 16.8. The minimum Gasteiger partial charge on any atom is -0.320 e. The third kappa shape index (κ3) is 15.8. The largest absolute Gasteiger partial charge is 0.320 e. The summed E-state index contributed by atoms with van der Waals surface area (Å²) in [4.78, 5) is 0. The Morgan fingerprint density at radius 3 is 1.59 bits per heavy atom. The van der Waals surface area contributed by atoms with Crippen molar-refractivity contribution in [3.63, 3.8) is 0 Å². The van der Waals surface area contributed by atoms with Crippen LogP contribution in [0.25, 0.3) is 0 Å². The van der Waals surface area contributed by atoms with E-state index in [0.29, 0.717) is 0 Å². The van der Waals surface area contributed by atoms with Crippen molar-refractivity contribution >= 4 is 0 Å². The van der Waals surface area contributed by atoms with E-state index < -0.39 is 0 Å². The summed E-state index contributed by atoms with van der Waals surface area (Å²) in [6, 6.07) is 0. The van der Waals surface area contributed by atoms with Gasteiger partial charge < -0.3 is 21.3 Å². The van der Waals surface area contributed by atoms with Crippen molar-refractivity contribution in [1.29, 1.82) is 0 Å². The number of nitrogens with one attached hydrogen (secondary N) is 4. The lowest BCUT2D eigenvalue weighted by Crippen LogP contribution is -2.24. The van der Waals surface area contributed by atoms with E-state index in [1.807, 2.05) is 7.05 Å². The molecular weight excluding hydrogens is 212 g/mol. The number of rotatable bonds is 14. The summed E-state index contributed by atoms with van der Waals surface area (Å²) in [5, 5.41) is 13.4. The average molecular weight is 244 g/mol. The maximum Gasteiger partial charge on any atom is -0.00368 e. The maximum atomic E-state index is 3.48. The highest BCUT2D eigenvalue weighted by Gasteiger charge is 1.90. The second kappa shape index (κ2) is 15.8. The molecule has 0 atom stereocenters. The van der Waals surface area contributed by atoms with Crippen molar-refractivity contribution in [3.05, 3.63) is 0 Å². The van der Waals surface area contributed by atoms with Crippen molar-refractivity contribution in [2.24, 2.45) is 0 Å². The van der Waals surface area contributed by atoms with Crippen molar-refractivity contribution in [2.45, 2.75) is 32.6 Å². The van der Waals surface area contributed by atoms with Gasteiger partial charge in [0.25, 0.3) is 0 Å². The molecule has 0 saturated carbocycles. The first-order valence-corrected chi connectivity index (χ1v) is 7.18. The Bertz CT molecular complexity index is 117. The zero-order valence-corrected chi connectivity index (χ0v) is 11.8. The van der Waals surface area contributed by atoms with Crippen LogP contribution in [-0.4, -0.2) is 52.9 Å². The Labute approximate surface area is 107 Å². The molecule has 0 rings (SSSR count). The van der Waals surface area contributed by atoms with Crippen LogP contribution in [0.15, 0.2) is 0 Å². The molecule has 4 nitrogen and oxygen atoms in total. The lowest BCUT2D eigenvalue weighted by Gasteiger charge is -2.06. The van der Waals surface area contributed by atoms with E-state index in [0.717, 1.165) is 45.8 Å². The van der Waals surface area contributed by atoms with E-state index in [1.54, 1.807) is 0 Å². The predicted molar refractivity (Wildman–Crippen MR) is 76.7 cm³/mol. The zero-order valence-electron chi connectivity index (χ0n) is 11.8. The lowest BCUT2D eigenvalue weighted by atomic mass is 10.3. The van der Waals surface area contributed by atoms with Crippen LogP contribution in [0.4, 0.5) is 0 Å². The molecule has 0 aliphatic rings. The molecule has 0 aliphatic heterocycles. The van der Waals surface area contributed by atoms with Gasteiger partial charge >= 0.3 is 0 Å². The first-order valence-electron chi connectivity index (χ1n) is 7.18. The smallest absolute Gasteiger partial charge is 0.00368 e. The molecule has 4 N–H and O–H groups in total. The summed E-state index contributed by atoms with van der Waals surface area (Å²) in [5.41, 5.74) is 0. The number of hydrogen-bond acceptors (Lipinski definition) is 4. The van der Waals surface area contributed by atoms with Gasteiger partial charge in [-0.25, -0.2) is 0 Å². The van der Waals surface area contributed by atoms with Gasteiger partial charge in [0.15, 0.2) is 0 Å². The van der Waals surface area contributed by atoms with Gasteiger partial charge in [-0.3, -0.25) is 0 Å². The first-order chi connectivity index (χ1) is 8.41. The highest BCUT2D eigenvalue weighted by Crippen LogP contribution is 1.85. The predicted octanol–water partition coefficient (Wildman–Crippen LogP) is 0.555. The fourth-order valence-electron chi connectivity index (χ4n) is 1.66. The molecule has 0 fully saturated rings. The monoisotopic (exact) mass is 244 g/mol. The summed E-state index contributed by atoms with van der Waals surface area (Å²) < 4.78 is 0. The van der Waals surface area contributed by atoms with Gasteiger partial charge in [-0.1, -0.05) is 6.92 Å². The number of unbranched alkanes of at least 4 members (excludes halogenated alkanes) is 1. The van der Waals surface area contributed by atoms with Crippen molar-refractivity contribution < 1.29 is 0 Å². The third-order valence-corrected chi connectivity index (χ3v) is 2.69. The van der Waals surface area contributed by atoms with Crippen LogP contribution >= 0.6 is 0 Å². The summed E-state index contributed by atoms with van der Waals surface area (Å²) >= 11 is 0. The van der Waals surface area contributed by atoms with E-state index >= 15 is 0 Å². The minimum absolute atomic E-state index is 1.08. The summed E-state index contributed by atoms with van der Waals surface area (Å²) in [6.45, 7) is 10.1. The highest BCUT2D eigenvalue weighted by molar-refractivity contribution is 4.54. The average Bonchev–Trinajstić information content (AvgIpc) is 2.35. The Balaban J connectivity index is 2.85. The van der Waals surface area contributed by atoms with Gasteiger partial charge in [0.05, 0.1) is 0 Å². The molecule has 0 unspecified atom stereocenters. The van der Waals surface area contributed by atoms with Crippen LogP contribution in [0.5, 0.6) is 0 Å². The van der Waals surface area contributed by atoms with Gasteiger partial charge in [0.1, 0.15) is 0 Å². The highest BCUT2D eigenvalue weighted by atomic mass is 14.9. The summed E-state index contributed by atoms with van der Waals surface area (Å²) in [6.07, 6.45) is 5.01. The normalized spacial score (nSPS) is 10.9. The fourth-order valence-corrected chi connectivity index (χ4v) is 1.66. The van der Waals surface area contributed by atoms with Crippen LogP contribution in [-0.2, 0) is 0 Å². The lowest BCUT2D eigenvalue weighted by molar-refractivity contribution is 0.555.